The number of piperazine rings is 1. The van der Waals surface area contributed by atoms with Crippen molar-refractivity contribution in [1.29, 1.82) is 0 Å². The third-order valence-corrected chi connectivity index (χ3v) is 17.9. The number of thioether (sulfide) groups is 1. The van der Waals surface area contributed by atoms with Gasteiger partial charge < -0.3 is 9.64 Å². The molecule has 3 saturated heterocycles. The summed E-state index contributed by atoms with van der Waals surface area (Å²) in [6.45, 7) is 4.10. The van der Waals surface area contributed by atoms with Gasteiger partial charge in [0, 0.05) is 78.8 Å². The standard InChI is InChI=1S/C46H51Cl2F2N5O6S3/c47-36-19-15-33(16-20-36)42-14-8-7-9-35(42)28-52-23-25-53(26-24-52)37-21-17-34(18-22-37)45(56)55(51-64(59,60)41-12-5-2-6-13-41)43(32-62-40-10-3-1-4-11-40)44(63(57,58)46(48,49)50)30-54-29-39-27-38(54)31-61-39/h1-6,10-13,15-22,38-39,43-44,51H,7-9,14,23-32H2/t38-,39-,43+,44?/m0/s1. The van der Waals surface area contributed by atoms with Crippen molar-refractivity contribution in [1.82, 2.24) is 19.6 Å². The van der Waals surface area contributed by atoms with E-state index in [1.54, 1.807) is 65.6 Å². The van der Waals surface area contributed by atoms with Crippen LogP contribution in [0.5, 0.6) is 0 Å². The lowest BCUT2D eigenvalue weighted by Gasteiger charge is -2.39. The van der Waals surface area contributed by atoms with E-state index in [2.05, 4.69) is 26.8 Å². The number of ether oxygens (including phenoxy) is 1. The van der Waals surface area contributed by atoms with E-state index in [1.807, 2.05) is 12.1 Å². The lowest BCUT2D eigenvalue weighted by molar-refractivity contribution is 0.0260. The largest absolute Gasteiger partial charge is 0.423 e. The minimum atomic E-state index is -5.59. The van der Waals surface area contributed by atoms with Gasteiger partial charge >= 0.3 is 4.71 Å². The van der Waals surface area contributed by atoms with E-state index in [1.165, 1.54) is 47.4 Å². The molecule has 18 heteroatoms. The Bertz CT molecular complexity index is 2500. The maximum Gasteiger partial charge on any atom is 0.423 e. The highest BCUT2D eigenvalue weighted by atomic mass is 35.5. The van der Waals surface area contributed by atoms with Crippen molar-refractivity contribution in [2.45, 2.75) is 70.0 Å². The van der Waals surface area contributed by atoms with Crippen molar-refractivity contribution < 1.29 is 35.1 Å². The third-order valence-electron chi connectivity index (χ3n) is 12.6. The van der Waals surface area contributed by atoms with Crippen molar-refractivity contribution in [3.63, 3.8) is 0 Å². The molecule has 8 rings (SSSR count). The fourth-order valence-corrected chi connectivity index (χ4v) is 13.3. The lowest BCUT2D eigenvalue weighted by Crippen LogP contribution is -2.62. The SMILES string of the molecule is O=C(c1ccc(N2CCN(CC3=C(c4ccc(Cl)cc4)CCCC3)CC2)cc1)N(NS(=O)(=O)c1ccccc1)[C@H](CSc1ccccc1)C(CN1C[C@@H]2C[C@H]1CO2)S(=O)(=O)C(F)(F)Cl. The summed E-state index contributed by atoms with van der Waals surface area (Å²) in [7, 11) is -10.2. The van der Waals surface area contributed by atoms with E-state index in [-0.39, 0.29) is 41.5 Å². The molecule has 1 aliphatic carbocycles. The summed E-state index contributed by atoms with van der Waals surface area (Å²) in [5.41, 5.74) is 4.96. The highest BCUT2D eigenvalue weighted by Gasteiger charge is 2.55. The summed E-state index contributed by atoms with van der Waals surface area (Å²) in [4.78, 5) is 24.2. The normalized spacial score (nSPS) is 21.0. The van der Waals surface area contributed by atoms with Crippen molar-refractivity contribution in [2.24, 2.45) is 0 Å². The Morgan fingerprint density at radius 2 is 1.53 bits per heavy atom. The smallest absolute Gasteiger partial charge is 0.375 e. The van der Waals surface area contributed by atoms with Crippen molar-refractivity contribution in [3.05, 3.63) is 131 Å². The molecule has 3 aliphatic heterocycles. The van der Waals surface area contributed by atoms with E-state index in [0.29, 0.717) is 16.3 Å². The Labute approximate surface area is 388 Å². The number of hydrogen-bond donors (Lipinski definition) is 1. The van der Waals surface area contributed by atoms with E-state index in [9.17, 15) is 21.6 Å². The number of nitrogens with zero attached hydrogens (tertiary/aromatic N) is 4. The number of morpholine rings is 1. The van der Waals surface area contributed by atoms with Gasteiger partial charge in [0.15, 0.2) is 0 Å². The number of fused-ring (bicyclic) bond motifs is 2. The highest BCUT2D eigenvalue weighted by Crippen LogP contribution is 2.38. The number of sulfonamides is 1. The molecular weight excluding hydrogens is 924 g/mol. The van der Waals surface area contributed by atoms with Crippen LogP contribution in [0, 0.1) is 0 Å². The Balaban J connectivity index is 1.07. The van der Waals surface area contributed by atoms with Gasteiger partial charge in [-0.1, -0.05) is 65.7 Å². The second kappa shape index (κ2) is 20.1. The van der Waals surface area contributed by atoms with Crippen LogP contribution in [0.15, 0.2) is 125 Å². The highest BCUT2D eigenvalue weighted by molar-refractivity contribution is 7.99. The number of halogens is 4. The quantitative estimate of drug-likeness (QED) is 0.0633. The molecule has 0 saturated carbocycles. The number of nitrogens with one attached hydrogen (secondary N) is 1. The zero-order valence-corrected chi connectivity index (χ0v) is 39.0. The number of likely N-dealkylation sites (tertiary alicyclic amines) is 1. The molecule has 342 valence electrons. The topological polar surface area (TPSA) is 120 Å². The summed E-state index contributed by atoms with van der Waals surface area (Å²) in [6, 6.07) is 28.9. The van der Waals surface area contributed by atoms with E-state index in [0.717, 1.165) is 74.5 Å². The monoisotopic (exact) mass is 973 g/mol. The average molecular weight is 975 g/mol. The summed E-state index contributed by atoms with van der Waals surface area (Å²) in [5, 5.41) is -0.614. The molecule has 3 heterocycles. The molecule has 1 N–H and O–H groups in total. The summed E-state index contributed by atoms with van der Waals surface area (Å²) in [5.74, 6) is -1.21. The number of rotatable bonds is 17. The molecule has 2 bridgehead atoms. The molecule has 4 aliphatic rings. The van der Waals surface area contributed by atoms with Gasteiger partial charge in [-0.2, -0.15) is 8.78 Å². The van der Waals surface area contributed by atoms with Crippen LogP contribution in [-0.2, 0) is 24.6 Å². The zero-order valence-electron chi connectivity index (χ0n) is 35.1. The summed E-state index contributed by atoms with van der Waals surface area (Å²) >= 11 is 12.7. The van der Waals surface area contributed by atoms with E-state index in [4.69, 9.17) is 27.9 Å². The zero-order chi connectivity index (χ0) is 45.1. The summed E-state index contributed by atoms with van der Waals surface area (Å²) < 4.78 is 87.8. The van der Waals surface area contributed by atoms with Crippen molar-refractivity contribution in [3.8, 4) is 0 Å². The van der Waals surface area contributed by atoms with Gasteiger partial charge in [-0.05, 0) is 116 Å². The average Bonchev–Trinajstić information content (AvgIpc) is 3.93. The van der Waals surface area contributed by atoms with Gasteiger partial charge in [0.25, 0.3) is 15.9 Å². The molecule has 1 amide bonds. The maximum atomic E-state index is 15.3. The van der Waals surface area contributed by atoms with Gasteiger partial charge in [0.2, 0.25) is 9.84 Å². The van der Waals surface area contributed by atoms with Crippen molar-refractivity contribution in [2.75, 3.05) is 63.1 Å². The first-order valence-corrected chi connectivity index (χ1v) is 26.2. The van der Waals surface area contributed by atoms with Gasteiger partial charge in [-0.3, -0.25) is 19.6 Å². The number of carbonyl (C=O) groups excluding carboxylic acids is 1. The van der Waals surface area contributed by atoms with E-state index < -0.39 is 48.3 Å². The van der Waals surface area contributed by atoms with Gasteiger partial charge in [0.05, 0.1) is 23.6 Å². The Hall–Kier alpha value is -3.58. The Morgan fingerprint density at radius 1 is 0.875 bits per heavy atom. The fraction of sp³-hybridized carbons (Fsp3) is 0.413. The predicted molar refractivity (Wildman–Crippen MR) is 249 cm³/mol. The Kier molecular flexibility index (Phi) is 14.7. The fourth-order valence-electron chi connectivity index (χ4n) is 9.15. The third kappa shape index (κ3) is 10.8. The van der Waals surface area contributed by atoms with Crippen LogP contribution in [-0.4, -0.2) is 124 Å². The van der Waals surface area contributed by atoms with Crippen LogP contribution < -0.4 is 9.73 Å². The minimum absolute atomic E-state index is 0.0224. The molecule has 4 aromatic carbocycles. The lowest BCUT2D eigenvalue weighted by atomic mass is 9.87. The molecule has 11 nitrogen and oxygen atoms in total. The van der Waals surface area contributed by atoms with Crippen LogP contribution in [0.4, 0.5) is 14.5 Å². The van der Waals surface area contributed by atoms with Crippen molar-refractivity contribution >= 4 is 72.0 Å². The van der Waals surface area contributed by atoms with Crippen LogP contribution in [0.25, 0.3) is 5.57 Å². The maximum absolute atomic E-state index is 15.3. The number of benzene rings is 4. The number of amides is 1. The van der Waals surface area contributed by atoms with E-state index >= 15 is 8.78 Å². The first-order valence-electron chi connectivity index (χ1n) is 21.5. The molecular formula is C46H51Cl2F2N5O6S3. The van der Waals surface area contributed by atoms with Crippen LogP contribution in [0.3, 0.4) is 0 Å². The van der Waals surface area contributed by atoms with Gasteiger partial charge in [0.1, 0.15) is 5.25 Å². The number of hydrazine groups is 1. The number of allylic oxidation sites excluding steroid dienone is 1. The summed E-state index contributed by atoms with van der Waals surface area (Å²) in [6.07, 6.45) is 4.81. The number of hydrogen-bond acceptors (Lipinski definition) is 10. The molecule has 4 aromatic rings. The van der Waals surface area contributed by atoms with Gasteiger partial charge in [-0.25, -0.2) is 16.8 Å². The number of carbonyl (C=O) groups is 1. The molecule has 3 fully saturated rings. The second-order valence-corrected chi connectivity index (χ2v) is 22.8. The van der Waals surface area contributed by atoms with Crippen LogP contribution in [0.2, 0.25) is 5.02 Å². The second-order valence-electron chi connectivity index (χ2n) is 16.7. The molecule has 0 radical (unpaired) electrons. The predicted octanol–water partition coefficient (Wildman–Crippen LogP) is 8.03. The molecule has 64 heavy (non-hydrogen) atoms. The number of alkyl halides is 3. The molecule has 0 spiro atoms. The number of sulfone groups is 1. The Morgan fingerprint density at radius 3 is 2.16 bits per heavy atom. The van der Waals surface area contributed by atoms with Crippen LogP contribution in [0.1, 0.15) is 48.0 Å². The molecule has 4 atom stereocenters. The van der Waals surface area contributed by atoms with Gasteiger partial charge in [-0.15, -0.1) is 16.6 Å². The molecule has 0 aromatic heterocycles. The number of anilines is 1. The minimum Gasteiger partial charge on any atom is -0.375 e. The van der Waals surface area contributed by atoms with Crippen LogP contribution >= 0.6 is 35.0 Å². The first kappa shape index (κ1) is 46.9. The molecule has 1 unspecified atom stereocenters. The first-order chi connectivity index (χ1) is 30.7.